The number of carbonyl (C=O) groups excluding carboxylic acids is 2. The molecule has 0 spiro atoms. The quantitative estimate of drug-likeness (QED) is 0.154. The lowest BCUT2D eigenvalue weighted by molar-refractivity contribution is -0.150. The summed E-state index contributed by atoms with van der Waals surface area (Å²) in [6, 6.07) is 0. The van der Waals surface area contributed by atoms with Crippen LogP contribution in [0.1, 0.15) is 117 Å². The molecule has 0 saturated carbocycles. The second kappa shape index (κ2) is 17.5. The fraction of sp³-hybridized carbons (Fsp3) is 0.909. The maximum atomic E-state index is 12.3. The third kappa shape index (κ3) is 15.7. The van der Waals surface area contributed by atoms with E-state index >= 15 is 0 Å². The summed E-state index contributed by atoms with van der Waals surface area (Å²) in [4.78, 5) is 23.4. The topological polar surface area (TPSA) is 124 Å². The Morgan fingerprint density at radius 3 is 1.57 bits per heavy atom. The number of carbonyl (C=O) groups is 2. The van der Waals surface area contributed by atoms with Gasteiger partial charge in [-0.15, -0.1) is 0 Å². The number of hydrogen-bond donors (Lipinski definition) is 2. The van der Waals surface area contributed by atoms with Crippen molar-refractivity contribution in [1.29, 1.82) is 0 Å². The molecule has 8 heteroatoms. The molecule has 0 aliphatic heterocycles. The van der Waals surface area contributed by atoms with Gasteiger partial charge in [0.25, 0.3) is 10.1 Å². The Morgan fingerprint density at radius 1 is 0.800 bits per heavy atom. The summed E-state index contributed by atoms with van der Waals surface area (Å²) in [5.41, 5.74) is 5.02. The van der Waals surface area contributed by atoms with E-state index < -0.39 is 39.8 Å². The number of hydrogen-bond acceptors (Lipinski definition) is 5. The van der Waals surface area contributed by atoms with Crippen molar-refractivity contribution in [3.05, 3.63) is 0 Å². The molecular formula is C22H43NO6S. The molecule has 30 heavy (non-hydrogen) atoms. The monoisotopic (exact) mass is 449 g/mol. The molecule has 178 valence electrons. The molecule has 2 atom stereocenters. The Hall–Kier alpha value is -1.15. The van der Waals surface area contributed by atoms with Crippen LogP contribution < -0.4 is 5.73 Å². The minimum atomic E-state index is -4.75. The van der Waals surface area contributed by atoms with Crippen LogP contribution in [0.15, 0.2) is 0 Å². The van der Waals surface area contributed by atoms with Crippen molar-refractivity contribution >= 4 is 22.0 Å². The van der Waals surface area contributed by atoms with Gasteiger partial charge >= 0.3 is 5.97 Å². The molecule has 2 unspecified atom stereocenters. The van der Waals surface area contributed by atoms with Gasteiger partial charge in [-0.3, -0.25) is 14.1 Å². The Balaban J connectivity index is 4.66. The minimum Gasteiger partial charge on any atom is -0.461 e. The van der Waals surface area contributed by atoms with Crippen LogP contribution in [0.2, 0.25) is 0 Å². The van der Waals surface area contributed by atoms with Crippen molar-refractivity contribution in [1.82, 2.24) is 0 Å². The summed E-state index contributed by atoms with van der Waals surface area (Å²) in [5.74, 6) is -2.07. The van der Waals surface area contributed by atoms with Gasteiger partial charge in [0.15, 0.2) is 5.25 Å². The molecule has 0 bridgehead atoms. The average molecular weight is 450 g/mol. The molecule has 0 saturated heterocycles. The molecule has 7 nitrogen and oxygen atoms in total. The number of unbranched alkanes of at least 4 members (excludes halogenated alkanes) is 11. The highest BCUT2D eigenvalue weighted by Crippen LogP contribution is 2.19. The lowest BCUT2D eigenvalue weighted by Gasteiger charge is -2.20. The molecular weight excluding hydrogens is 406 g/mol. The maximum absolute atomic E-state index is 12.3. The van der Waals surface area contributed by atoms with E-state index in [1.54, 1.807) is 0 Å². The van der Waals surface area contributed by atoms with E-state index in [1.165, 1.54) is 44.9 Å². The van der Waals surface area contributed by atoms with Gasteiger partial charge in [0.2, 0.25) is 5.91 Å². The molecule has 0 radical (unpaired) electrons. The van der Waals surface area contributed by atoms with E-state index in [0.29, 0.717) is 12.8 Å². The lowest BCUT2D eigenvalue weighted by atomic mass is 10.0. The van der Waals surface area contributed by atoms with Gasteiger partial charge < -0.3 is 10.5 Å². The van der Waals surface area contributed by atoms with Gasteiger partial charge in [0, 0.05) is 0 Å². The summed E-state index contributed by atoms with van der Waals surface area (Å²) < 4.78 is 37.7. The maximum Gasteiger partial charge on any atom is 0.327 e. The number of nitrogens with two attached hydrogens (primary N) is 1. The summed E-state index contributed by atoms with van der Waals surface area (Å²) >= 11 is 0. The van der Waals surface area contributed by atoms with E-state index in [4.69, 9.17) is 10.5 Å². The van der Waals surface area contributed by atoms with E-state index in [9.17, 15) is 22.6 Å². The number of rotatable bonds is 20. The second-order valence-electron chi connectivity index (χ2n) is 8.20. The Morgan fingerprint density at radius 2 is 1.20 bits per heavy atom. The third-order valence-electron chi connectivity index (χ3n) is 5.30. The summed E-state index contributed by atoms with van der Waals surface area (Å²) in [6.45, 7) is 4.34. The van der Waals surface area contributed by atoms with Gasteiger partial charge in [0.05, 0.1) is 6.42 Å². The third-order valence-corrected chi connectivity index (χ3v) is 6.38. The molecule has 0 aromatic rings. The standard InChI is InChI=1S/C22H43NO6S/c1-3-5-7-9-11-13-15-17-19(16-14-12-10-8-6-4-2)29-22(25)20(18-21(23)24)30(26,27)28/h19-20H,3-18H2,1-2H3,(H2,23,24)(H,26,27,28). The number of esters is 1. The zero-order valence-electron chi connectivity index (χ0n) is 18.9. The van der Waals surface area contributed by atoms with Gasteiger partial charge in [-0.05, 0) is 25.7 Å². The van der Waals surface area contributed by atoms with Gasteiger partial charge in [-0.2, -0.15) is 8.42 Å². The van der Waals surface area contributed by atoms with Crippen LogP contribution in [-0.4, -0.2) is 36.2 Å². The van der Waals surface area contributed by atoms with E-state index in [0.717, 1.165) is 38.5 Å². The zero-order valence-corrected chi connectivity index (χ0v) is 19.8. The normalized spacial score (nSPS) is 13.7. The van der Waals surface area contributed by atoms with Crippen LogP contribution >= 0.6 is 0 Å². The Kier molecular flexibility index (Phi) is 16.9. The van der Waals surface area contributed by atoms with E-state index in [-0.39, 0.29) is 0 Å². The van der Waals surface area contributed by atoms with Crippen molar-refractivity contribution in [2.24, 2.45) is 5.73 Å². The molecule has 0 heterocycles. The summed E-state index contributed by atoms with van der Waals surface area (Å²) in [5, 5.41) is -1.95. The van der Waals surface area contributed by atoms with Gasteiger partial charge in [-0.25, -0.2) is 0 Å². The number of amides is 1. The van der Waals surface area contributed by atoms with E-state index in [1.807, 2.05) is 0 Å². The molecule has 3 N–H and O–H groups in total. The van der Waals surface area contributed by atoms with Crippen molar-refractivity contribution in [3.63, 3.8) is 0 Å². The lowest BCUT2D eigenvalue weighted by Crippen LogP contribution is -2.37. The largest absolute Gasteiger partial charge is 0.461 e. The molecule has 0 aromatic heterocycles. The molecule has 0 rings (SSSR count). The highest BCUT2D eigenvalue weighted by atomic mass is 32.2. The fourth-order valence-electron chi connectivity index (χ4n) is 3.48. The molecule has 0 aliphatic rings. The average Bonchev–Trinajstić information content (AvgIpc) is 2.66. The molecule has 0 fully saturated rings. The second-order valence-corrected chi connectivity index (χ2v) is 9.80. The Bertz CT molecular complexity index is 564. The van der Waals surface area contributed by atoms with Crippen molar-refractivity contribution in [3.8, 4) is 0 Å². The van der Waals surface area contributed by atoms with Crippen LogP contribution in [0.4, 0.5) is 0 Å². The predicted octanol–water partition coefficient (Wildman–Crippen LogP) is 4.92. The van der Waals surface area contributed by atoms with Crippen LogP contribution in [0.3, 0.4) is 0 Å². The SMILES string of the molecule is CCCCCCCCCC(CCCCCCCC)OC(=O)C(CC(N)=O)S(=O)(=O)O. The number of ether oxygens (including phenoxy) is 1. The minimum absolute atomic E-state index is 0.406. The Labute approximate surface area is 183 Å². The van der Waals surface area contributed by atoms with Crippen LogP contribution in [0, 0.1) is 0 Å². The first-order valence-electron chi connectivity index (χ1n) is 11.7. The summed E-state index contributed by atoms with van der Waals surface area (Å²) in [6.07, 6.45) is 14.7. The zero-order chi connectivity index (χ0) is 22.8. The molecule has 0 aliphatic carbocycles. The van der Waals surface area contributed by atoms with E-state index in [2.05, 4.69) is 13.8 Å². The highest BCUT2D eigenvalue weighted by Gasteiger charge is 2.35. The first-order valence-corrected chi connectivity index (χ1v) is 13.2. The van der Waals surface area contributed by atoms with Crippen LogP contribution in [0.5, 0.6) is 0 Å². The van der Waals surface area contributed by atoms with Gasteiger partial charge in [-0.1, -0.05) is 84.5 Å². The van der Waals surface area contributed by atoms with Crippen molar-refractivity contribution in [2.45, 2.75) is 128 Å². The molecule has 0 aromatic carbocycles. The number of primary amides is 1. The van der Waals surface area contributed by atoms with Gasteiger partial charge in [0.1, 0.15) is 6.10 Å². The smallest absolute Gasteiger partial charge is 0.327 e. The van der Waals surface area contributed by atoms with Crippen LogP contribution in [0.25, 0.3) is 0 Å². The predicted molar refractivity (Wildman–Crippen MR) is 120 cm³/mol. The van der Waals surface area contributed by atoms with Crippen molar-refractivity contribution < 1.29 is 27.3 Å². The van der Waals surface area contributed by atoms with Crippen molar-refractivity contribution in [2.75, 3.05) is 0 Å². The summed E-state index contributed by atoms with van der Waals surface area (Å²) in [7, 11) is -4.75. The first kappa shape index (κ1) is 28.9. The first-order chi connectivity index (χ1) is 14.2. The molecule has 1 amide bonds. The highest BCUT2D eigenvalue weighted by molar-refractivity contribution is 7.87. The fourth-order valence-corrected chi connectivity index (χ4v) is 4.15. The van der Waals surface area contributed by atoms with Crippen LogP contribution in [-0.2, 0) is 24.4 Å².